The molecule has 0 bridgehead atoms. The lowest BCUT2D eigenvalue weighted by Gasteiger charge is -2.18. The van der Waals surface area contributed by atoms with Gasteiger partial charge in [-0.3, -0.25) is 9.59 Å². The molecule has 0 atom stereocenters. The lowest BCUT2D eigenvalue weighted by molar-refractivity contribution is -0.137. The van der Waals surface area contributed by atoms with E-state index in [0.717, 1.165) is 5.76 Å². The molecular weight excluding hydrogens is 222 g/mol. The quantitative estimate of drug-likeness (QED) is 0.821. The van der Waals surface area contributed by atoms with Crippen molar-refractivity contribution in [2.75, 3.05) is 13.1 Å². The van der Waals surface area contributed by atoms with Crippen molar-refractivity contribution in [1.82, 2.24) is 4.90 Å². The number of amides is 1. The van der Waals surface area contributed by atoms with Gasteiger partial charge >= 0.3 is 5.97 Å². The zero-order valence-electron chi connectivity index (χ0n) is 10.1. The van der Waals surface area contributed by atoms with Gasteiger partial charge in [0.2, 0.25) is 0 Å². The van der Waals surface area contributed by atoms with E-state index >= 15 is 0 Å². The van der Waals surface area contributed by atoms with Crippen LogP contribution in [-0.2, 0) is 11.2 Å². The van der Waals surface area contributed by atoms with Gasteiger partial charge in [-0.25, -0.2) is 0 Å². The van der Waals surface area contributed by atoms with Gasteiger partial charge in [0.1, 0.15) is 12.3 Å². The molecule has 1 amide bonds. The maximum Gasteiger partial charge on any atom is 0.323 e. The summed E-state index contributed by atoms with van der Waals surface area (Å²) in [7, 11) is 0. The molecule has 5 nitrogen and oxygen atoms in total. The maximum absolute atomic E-state index is 12.0. The minimum Gasteiger partial charge on any atom is -0.480 e. The van der Waals surface area contributed by atoms with E-state index in [1.807, 2.05) is 13.8 Å². The molecule has 0 aromatic carbocycles. The summed E-state index contributed by atoms with van der Waals surface area (Å²) in [6.45, 7) is 3.93. The number of aryl methyl sites for hydroxylation is 1. The van der Waals surface area contributed by atoms with Crippen molar-refractivity contribution in [3.63, 3.8) is 0 Å². The number of carbonyl (C=O) groups is 2. The van der Waals surface area contributed by atoms with Crippen molar-refractivity contribution < 1.29 is 19.1 Å². The van der Waals surface area contributed by atoms with E-state index in [0.29, 0.717) is 19.4 Å². The van der Waals surface area contributed by atoms with Crippen LogP contribution in [0.5, 0.6) is 0 Å². The van der Waals surface area contributed by atoms with E-state index in [2.05, 4.69) is 0 Å². The van der Waals surface area contributed by atoms with Gasteiger partial charge in [0.15, 0.2) is 5.76 Å². The standard InChI is InChI=1S/C12H17NO4/c1-3-7-13(8-11(14)15)12(16)10-6-5-9(4-2)17-10/h5-6H,3-4,7-8H2,1-2H3,(H,14,15). The molecule has 17 heavy (non-hydrogen) atoms. The molecule has 1 heterocycles. The lowest BCUT2D eigenvalue weighted by Crippen LogP contribution is -2.36. The molecule has 0 aliphatic carbocycles. The SMILES string of the molecule is CCCN(CC(=O)O)C(=O)c1ccc(CC)o1. The second-order valence-corrected chi connectivity index (χ2v) is 3.74. The van der Waals surface area contributed by atoms with Gasteiger partial charge in [0.05, 0.1) is 0 Å². The number of hydrogen-bond donors (Lipinski definition) is 1. The van der Waals surface area contributed by atoms with Crippen LogP contribution in [0.4, 0.5) is 0 Å². The zero-order valence-corrected chi connectivity index (χ0v) is 10.1. The van der Waals surface area contributed by atoms with Gasteiger partial charge in [-0.05, 0) is 18.6 Å². The average molecular weight is 239 g/mol. The fourth-order valence-corrected chi connectivity index (χ4v) is 1.52. The molecule has 5 heteroatoms. The molecule has 1 rings (SSSR count). The number of aliphatic carboxylic acids is 1. The molecular formula is C12H17NO4. The first-order valence-electron chi connectivity index (χ1n) is 5.68. The van der Waals surface area contributed by atoms with Crippen LogP contribution in [0.2, 0.25) is 0 Å². The van der Waals surface area contributed by atoms with Crippen molar-refractivity contribution in [3.8, 4) is 0 Å². The summed E-state index contributed by atoms with van der Waals surface area (Å²) >= 11 is 0. The lowest BCUT2D eigenvalue weighted by atomic mass is 10.3. The van der Waals surface area contributed by atoms with Gasteiger partial charge in [-0.15, -0.1) is 0 Å². The summed E-state index contributed by atoms with van der Waals surface area (Å²) in [6, 6.07) is 3.32. The smallest absolute Gasteiger partial charge is 0.323 e. The summed E-state index contributed by atoms with van der Waals surface area (Å²) in [6.07, 6.45) is 1.42. The van der Waals surface area contributed by atoms with Crippen LogP contribution in [0.3, 0.4) is 0 Å². The van der Waals surface area contributed by atoms with Crippen molar-refractivity contribution in [3.05, 3.63) is 23.7 Å². The Bertz CT molecular complexity index is 397. The monoisotopic (exact) mass is 239 g/mol. The molecule has 0 fully saturated rings. The van der Waals surface area contributed by atoms with Crippen LogP contribution < -0.4 is 0 Å². The van der Waals surface area contributed by atoms with Crippen LogP contribution >= 0.6 is 0 Å². The number of carbonyl (C=O) groups excluding carboxylic acids is 1. The normalized spacial score (nSPS) is 10.2. The van der Waals surface area contributed by atoms with E-state index in [4.69, 9.17) is 9.52 Å². The van der Waals surface area contributed by atoms with Gasteiger partial charge in [-0.1, -0.05) is 13.8 Å². The van der Waals surface area contributed by atoms with Crippen molar-refractivity contribution in [1.29, 1.82) is 0 Å². The Morgan fingerprint density at radius 3 is 2.53 bits per heavy atom. The highest BCUT2D eigenvalue weighted by Gasteiger charge is 2.20. The molecule has 94 valence electrons. The zero-order chi connectivity index (χ0) is 12.8. The number of nitrogens with zero attached hydrogens (tertiary/aromatic N) is 1. The van der Waals surface area contributed by atoms with Gasteiger partial charge < -0.3 is 14.4 Å². The Labute approximate surface area is 100 Å². The highest BCUT2D eigenvalue weighted by Crippen LogP contribution is 2.11. The van der Waals surface area contributed by atoms with Gasteiger partial charge in [0.25, 0.3) is 5.91 Å². The van der Waals surface area contributed by atoms with Crippen LogP contribution in [0.1, 0.15) is 36.6 Å². The fraction of sp³-hybridized carbons (Fsp3) is 0.500. The largest absolute Gasteiger partial charge is 0.480 e. The Hall–Kier alpha value is -1.78. The summed E-state index contributed by atoms with van der Waals surface area (Å²) < 4.78 is 5.32. The van der Waals surface area contributed by atoms with E-state index in [1.54, 1.807) is 12.1 Å². The van der Waals surface area contributed by atoms with E-state index in [-0.39, 0.29) is 18.2 Å². The van der Waals surface area contributed by atoms with Gasteiger partial charge in [0, 0.05) is 13.0 Å². The minimum atomic E-state index is -1.02. The predicted molar refractivity (Wildman–Crippen MR) is 61.9 cm³/mol. The van der Waals surface area contributed by atoms with Crippen LogP contribution in [0.25, 0.3) is 0 Å². The van der Waals surface area contributed by atoms with Gasteiger partial charge in [-0.2, -0.15) is 0 Å². The number of hydrogen-bond acceptors (Lipinski definition) is 3. The molecule has 0 radical (unpaired) electrons. The minimum absolute atomic E-state index is 0.205. The third-order valence-electron chi connectivity index (χ3n) is 2.33. The molecule has 0 saturated carbocycles. The summed E-state index contributed by atoms with van der Waals surface area (Å²) in [5.74, 6) is -0.459. The Balaban J connectivity index is 2.79. The first-order valence-corrected chi connectivity index (χ1v) is 5.68. The fourth-order valence-electron chi connectivity index (χ4n) is 1.52. The number of carboxylic acids is 1. The molecule has 1 aromatic rings. The van der Waals surface area contributed by atoms with Crippen LogP contribution in [0.15, 0.2) is 16.5 Å². The molecule has 0 spiro atoms. The second kappa shape index (κ2) is 6.08. The number of furan rings is 1. The number of rotatable bonds is 6. The first-order chi connectivity index (χ1) is 8.08. The molecule has 1 N–H and O–H groups in total. The van der Waals surface area contributed by atoms with E-state index in [9.17, 15) is 9.59 Å². The molecule has 0 saturated heterocycles. The Kier molecular flexibility index (Phi) is 4.75. The average Bonchev–Trinajstić information content (AvgIpc) is 2.75. The van der Waals surface area contributed by atoms with Crippen LogP contribution in [0, 0.1) is 0 Å². The van der Waals surface area contributed by atoms with E-state index in [1.165, 1.54) is 4.90 Å². The van der Waals surface area contributed by atoms with E-state index < -0.39 is 5.97 Å². The van der Waals surface area contributed by atoms with Crippen molar-refractivity contribution in [2.24, 2.45) is 0 Å². The summed E-state index contributed by atoms with van der Waals surface area (Å²) in [4.78, 5) is 23.9. The summed E-state index contributed by atoms with van der Waals surface area (Å²) in [5.41, 5.74) is 0. The highest BCUT2D eigenvalue weighted by atomic mass is 16.4. The predicted octanol–water partition coefficient (Wildman–Crippen LogP) is 1.78. The first kappa shape index (κ1) is 13.3. The third kappa shape index (κ3) is 3.62. The molecule has 0 aliphatic rings. The Morgan fingerprint density at radius 1 is 1.35 bits per heavy atom. The maximum atomic E-state index is 12.0. The summed E-state index contributed by atoms with van der Waals surface area (Å²) in [5, 5.41) is 8.73. The van der Waals surface area contributed by atoms with Crippen LogP contribution in [-0.4, -0.2) is 35.0 Å². The van der Waals surface area contributed by atoms with Crippen molar-refractivity contribution in [2.45, 2.75) is 26.7 Å². The Morgan fingerprint density at radius 2 is 2.06 bits per heavy atom. The molecule has 0 aliphatic heterocycles. The molecule has 0 unspecified atom stereocenters. The topological polar surface area (TPSA) is 70.8 Å². The third-order valence-corrected chi connectivity index (χ3v) is 2.33. The molecule has 1 aromatic heterocycles. The number of carboxylic acid groups (broad SMARTS) is 1. The van der Waals surface area contributed by atoms with Crippen molar-refractivity contribution >= 4 is 11.9 Å². The second-order valence-electron chi connectivity index (χ2n) is 3.74. The highest BCUT2D eigenvalue weighted by molar-refractivity contribution is 5.93.